The molecule has 0 atom stereocenters. The van der Waals surface area contributed by atoms with Gasteiger partial charge in [-0.2, -0.15) is 13.2 Å². The van der Waals surface area contributed by atoms with Gasteiger partial charge >= 0.3 is 6.18 Å². The molecule has 0 spiro atoms. The standard InChI is InChI=1S/C26H32F4/c1-2-3-4-5-21-12-17-24(25(27)18-21)22-13-8-19(9-14-22)6-7-20-10-15-23(16-11-20)26(28,29)30/h8-9,12-14,17-18,20,23H,2-7,10-11,15-16H2,1H3/t20-,23-. The zero-order valence-electron chi connectivity index (χ0n) is 17.8. The van der Waals surface area contributed by atoms with Crippen LogP contribution in [0.5, 0.6) is 0 Å². The van der Waals surface area contributed by atoms with E-state index in [-0.39, 0.29) is 18.7 Å². The minimum Gasteiger partial charge on any atom is -0.206 e. The van der Waals surface area contributed by atoms with Crippen molar-refractivity contribution in [2.75, 3.05) is 0 Å². The Morgan fingerprint density at radius 3 is 2.10 bits per heavy atom. The third-order valence-corrected chi connectivity index (χ3v) is 6.52. The van der Waals surface area contributed by atoms with E-state index < -0.39 is 12.1 Å². The van der Waals surface area contributed by atoms with Gasteiger partial charge in [0.25, 0.3) is 0 Å². The van der Waals surface area contributed by atoms with Gasteiger partial charge in [0.15, 0.2) is 0 Å². The molecule has 0 nitrogen and oxygen atoms in total. The van der Waals surface area contributed by atoms with Gasteiger partial charge in [0.2, 0.25) is 0 Å². The summed E-state index contributed by atoms with van der Waals surface area (Å²) in [4.78, 5) is 0. The number of unbranched alkanes of at least 4 members (excludes halogenated alkanes) is 2. The fourth-order valence-electron chi connectivity index (χ4n) is 4.53. The Hall–Kier alpha value is -1.84. The Bertz CT molecular complexity index is 784. The zero-order chi connectivity index (χ0) is 21.6. The fraction of sp³-hybridized carbons (Fsp3) is 0.538. The molecule has 0 unspecified atom stereocenters. The summed E-state index contributed by atoms with van der Waals surface area (Å²) >= 11 is 0. The molecule has 0 bridgehead atoms. The summed E-state index contributed by atoms with van der Waals surface area (Å²) in [5, 5.41) is 0. The van der Waals surface area contributed by atoms with E-state index in [1.54, 1.807) is 6.07 Å². The van der Waals surface area contributed by atoms with Crippen LogP contribution in [0.25, 0.3) is 11.1 Å². The van der Waals surface area contributed by atoms with Gasteiger partial charge in [-0.05, 0) is 80.0 Å². The largest absolute Gasteiger partial charge is 0.391 e. The minimum absolute atomic E-state index is 0.182. The predicted molar refractivity (Wildman–Crippen MR) is 115 cm³/mol. The molecule has 30 heavy (non-hydrogen) atoms. The molecule has 0 radical (unpaired) electrons. The van der Waals surface area contributed by atoms with Crippen LogP contribution in [0.2, 0.25) is 0 Å². The maximum atomic E-state index is 14.6. The van der Waals surface area contributed by atoms with Crippen molar-refractivity contribution in [2.45, 2.75) is 77.3 Å². The summed E-state index contributed by atoms with van der Waals surface area (Å²) in [5.41, 5.74) is 3.68. The van der Waals surface area contributed by atoms with Gasteiger partial charge in [0.05, 0.1) is 5.92 Å². The number of hydrogen-bond acceptors (Lipinski definition) is 0. The monoisotopic (exact) mass is 420 g/mol. The van der Waals surface area contributed by atoms with E-state index >= 15 is 0 Å². The van der Waals surface area contributed by atoms with Crippen molar-refractivity contribution in [1.82, 2.24) is 0 Å². The van der Waals surface area contributed by atoms with Crippen molar-refractivity contribution in [3.8, 4) is 11.1 Å². The summed E-state index contributed by atoms with van der Waals surface area (Å²) in [6.07, 6.45) is 3.92. The first kappa shape index (κ1) is 22.8. The third kappa shape index (κ3) is 6.33. The Morgan fingerprint density at radius 1 is 0.833 bits per heavy atom. The van der Waals surface area contributed by atoms with Gasteiger partial charge in [0, 0.05) is 5.56 Å². The van der Waals surface area contributed by atoms with Gasteiger partial charge in [-0.3, -0.25) is 0 Å². The molecule has 2 aromatic carbocycles. The van der Waals surface area contributed by atoms with Crippen molar-refractivity contribution >= 4 is 0 Å². The Labute approximate surface area is 177 Å². The molecule has 2 aromatic rings. The van der Waals surface area contributed by atoms with E-state index in [9.17, 15) is 17.6 Å². The quantitative estimate of drug-likeness (QED) is 0.296. The minimum atomic E-state index is -4.04. The molecule has 1 saturated carbocycles. The molecular weight excluding hydrogens is 388 g/mol. The van der Waals surface area contributed by atoms with Gasteiger partial charge < -0.3 is 0 Å². The lowest BCUT2D eigenvalue weighted by molar-refractivity contribution is -0.184. The van der Waals surface area contributed by atoms with Crippen LogP contribution < -0.4 is 0 Å². The molecule has 4 heteroatoms. The highest BCUT2D eigenvalue weighted by Crippen LogP contribution is 2.40. The second-order valence-electron chi connectivity index (χ2n) is 8.77. The average Bonchev–Trinajstić information content (AvgIpc) is 2.73. The molecule has 0 N–H and O–H groups in total. The molecular formula is C26H32F4. The molecule has 1 fully saturated rings. The van der Waals surface area contributed by atoms with E-state index in [4.69, 9.17) is 0 Å². The van der Waals surface area contributed by atoms with Crippen LogP contribution in [0, 0.1) is 17.7 Å². The first-order valence-corrected chi connectivity index (χ1v) is 11.3. The van der Waals surface area contributed by atoms with Gasteiger partial charge in [-0.25, -0.2) is 4.39 Å². The lowest BCUT2D eigenvalue weighted by Crippen LogP contribution is -2.27. The topological polar surface area (TPSA) is 0 Å². The molecule has 1 aliphatic carbocycles. The number of benzene rings is 2. The molecule has 0 heterocycles. The maximum Gasteiger partial charge on any atom is 0.391 e. The summed E-state index contributed by atoms with van der Waals surface area (Å²) in [7, 11) is 0. The first-order chi connectivity index (χ1) is 14.4. The van der Waals surface area contributed by atoms with Crippen LogP contribution in [0.1, 0.15) is 69.4 Å². The molecule has 3 rings (SSSR count). The number of halogens is 4. The first-order valence-electron chi connectivity index (χ1n) is 11.3. The molecule has 0 aromatic heterocycles. The summed E-state index contributed by atoms with van der Waals surface area (Å²) in [5.74, 6) is -0.917. The van der Waals surface area contributed by atoms with Crippen molar-refractivity contribution in [2.24, 2.45) is 11.8 Å². The highest BCUT2D eigenvalue weighted by molar-refractivity contribution is 5.64. The third-order valence-electron chi connectivity index (χ3n) is 6.52. The predicted octanol–water partition coefficient (Wildman–Crippen LogP) is 8.53. The number of aryl methyl sites for hydroxylation is 2. The van der Waals surface area contributed by atoms with Crippen LogP contribution in [-0.4, -0.2) is 6.18 Å². The normalized spacial score (nSPS) is 19.8. The average molecular weight is 421 g/mol. The van der Waals surface area contributed by atoms with Gasteiger partial charge in [0.1, 0.15) is 5.82 Å². The Morgan fingerprint density at radius 2 is 1.50 bits per heavy atom. The molecule has 0 aliphatic heterocycles. The second kappa shape index (κ2) is 10.5. The van der Waals surface area contributed by atoms with Crippen molar-refractivity contribution in [1.29, 1.82) is 0 Å². The lowest BCUT2D eigenvalue weighted by atomic mass is 9.79. The van der Waals surface area contributed by atoms with E-state index in [0.717, 1.165) is 55.2 Å². The maximum absolute atomic E-state index is 14.6. The fourth-order valence-corrected chi connectivity index (χ4v) is 4.53. The highest BCUT2D eigenvalue weighted by atomic mass is 19.4. The number of alkyl halides is 3. The van der Waals surface area contributed by atoms with Gasteiger partial charge in [-0.15, -0.1) is 0 Å². The van der Waals surface area contributed by atoms with E-state index in [0.29, 0.717) is 24.3 Å². The molecule has 1 aliphatic rings. The summed E-state index contributed by atoms with van der Waals surface area (Å²) in [6.45, 7) is 2.16. The van der Waals surface area contributed by atoms with E-state index in [2.05, 4.69) is 6.92 Å². The Balaban J connectivity index is 1.52. The van der Waals surface area contributed by atoms with Crippen molar-refractivity contribution < 1.29 is 17.6 Å². The molecule has 0 saturated heterocycles. The lowest BCUT2D eigenvalue weighted by Gasteiger charge is -2.29. The Kier molecular flexibility index (Phi) is 7.96. The molecule has 164 valence electrons. The smallest absolute Gasteiger partial charge is 0.206 e. The SMILES string of the molecule is CCCCCc1ccc(-c2ccc(CC[C@H]3CC[C@H](C(F)(F)F)CC3)cc2)c(F)c1. The zero-order valence-corrected chi connectivity index (χ0v) is 17.8. The van der Waals surface area contributed by atoms with E-state index in [1.807, 2.05) is 36.4 Å². The molecule has 0 amide bonds. The van der Waals surface area contributed by atoms with Crippen LogP contribution in [-0.2, 0) is 12.8 Å². The van der Waals surface area contributed by atoms with Crippen LogP contribution >= 0.6 is 0 Å². The number of rotatable bonds is 8. The van der Waals surface area contributed by atoms with Gasteiger partial charge in [-0.1, -0.05) is 56.2 Å². The highest BCUT2D eigenvalue weighted by Gasteiger charge is 2.41. The summed E-state index contributed by atoms with van der Waals surface area (Å²) in [6, 6.07) is 13.5. The van der Waals surface area contributed by atoms with Crippen molar-refractivity contribution in [3.63, 3.8) is 0 Å². The van der Waals surface area contributed by atoms with E-state index in [1.165, 1.54) is 0 Å². The van der Waals surface area contributed by atoms with Crippen LogP contribution in [0.15, 0.2) is 42.5 Å². The second-order valence-corrected chi connectivity index (χ2v) is 8.77. The number of hydrogen-bond donors (Lipinski definition) is 0. The van der Waals surface area contributed by atoms with Crippen molar-refractivity contribution in [3.05, 3.63) is 59.4 Å². The summed E-state index contributed by atoms with van der Waals surface area (Å²) < 4.78 is 52.9. The van der Waals surface area contributed by atoms with Crippen LogP contribution in [0.3, 0.4) is 0 Å². The van der Waals surface area contributed by atoms with Crippen LogP contribution in [0.4, 0.5) is 17.6 Å².